The summed E-state index contributed by atoms with van der Waals surface area (Å²) in [5.74, 6) is -0.404. The van der Waals surface area contributed by atoms with Crippen molar-refractivity contribution in [2.75, 3.05) is 19.7 Å². The summed E-state index contributed by atoms with van der Waals surface area (Å²) in [6.45, 7) is 2.13. The number of carbonyl (C=O) groups is 1. The summed E-state index contributed by atoms with van der Waals surface area (Å²) in [6.07, 6.45) is 0.111. The zero-order valence-electron chi connectivity index (χ0n) is 6.17. The number of ether oxygens (including phenoxy) is 1. The molecule has 1 aliphatic heterocycles. The molecule has 5 heteroatoms. The van der Waals surface area contributed by atoms with Gasteiger partial charge >= 0.3 is 0 Å². The molecule has 0 aromatic carbocycles. The van der Waals surface area contributed by atoms with Crippen LogP contribution in [0, 0.1) is 0 Å². The summed E-state index contributed by atoms with van der Waals surface area (Å²) in [5.41, 5.74) is 1.57. The SMILES string of the molecule is O=C(CC1CNCCO1)NO. The van der Waals surface area contributed by atoms with Crippen LogP contribution in [0.2, 0.25) is 0 Å². The Hall–Kier alpha value is -0.650. The molecule has 5 nitrogen and oxygen atoms in total. The Bertz CT molecular complexity index is 134. The van der Waals surface area contributed by atoms with E-state index in [0.717, 1.165) is 6.54 Å². The van der Waals surface area contributed by atoms with Crippen LogP contribution in [-0.2, 0) is 9.53 Å². The number of morpholine rings is 1. The highest BCUT2D eigenvalue weighted by Crippen LogP contribution is 2.00. The number of nitrogens with one attached hydrogen (secondary N) is 2. The van der Waals surface area contributed by atoms with Crippen LogP contribution in [0.1, 0.15) is 6.42 Å². The summed E-state index contributed by atoms with van der Waals surface area (Å²) in [4.78, 5) is 10.6. The van der Waals surface area contributed by atoms with E-state index in [1.807, 2.05) is 0 Å². The smallest absolute Gasteiger partial charge is 0.245 e. The predicted octanol–water partition coefficient (Wildman–Crippen LogP) is -1.13. The van der Waals surface area contributed by atoms with Gasteiger partial charge in [0.15, 0.2) is 0 Å². The largest absolute Gasteiger partial charge is 0.375 e. The zero-order valence-corrected chi connectivity index (χ0v) is 6.17. The molecular weight excluding hydrogens is 148 g/mol. The molecule has 0 saturated carbocycles. The van der Waals surface area contributed by atoms with Crippen molar-refractivity contribution >= 4 is 5.91 Å². The highest BCUT2D eigenvalue weighted by Gasteiger charge is 2.16. The zero-order chi connectivity index (χ0) is 8.10. The van der Waals surface area contributed by atoms with Crippen LogP contribution >= 0.6 is 0 Å². The van der Waals surface area contributed by atoms with E-state index in [1.54, 1.807) is 5.48 Å². The van der Waals surface area contributed by atoms with E-state index in [4.69, 9.17) is 9.94 Å². The third-order valence-electron chi connectivity index (χ3n) is 1.54. The lowest BCUT2D eigenvalue weighted by molar-refractivity contribution is -0.132. The van der Waals surface area contributed by atoms with Gasteiger partial charge in [0.1, 0.15) is 0 Å². The Morgan fingerprint density at radius 2 is 2.64 bits per heavy atom. The van der Waals surface area contributed by atoms with Crippen LogP contribution in [0.25, 0.3) is 0 Å². The van der Waals surface area contributed by atoms with Crippen LogP contribution in [0.15, 0.2) is 0 Å². The van der Waals surface area contributed by atoms with Gasteiger partial charge in [-0.3, -0.25) is 10.0 Å². The highest BCUT2D eigenvalue weighted by molar-refractivity contribution is 5.75. The summed E-state index contributed by atoms with van der Waals surface area (Å²) in [6, 6.07) is 0. The van der Waals surface area contributed by atoms with Gasteiger partial charge in [-0.05, 0) is 0 Å². The lowest BCUT2D eigenvalue weighted by atomic mass is 10.2. The quantitative estimate of drug-likeness (QED) is 0.353. The Balaban J connectivity index is 2.19. The number of hydrogen-bond acceptors (Lipinski definition) is 4. The predicted molar refractivity (Wildman–Crippen MR) is 37.2 cm³/mol. The van der Waals surface area contributed by atoms with Crippen LogP contribution in [-0.4, -0.2) is 36.9 Å². The topological polar surface area (TPSA) is 70.6 Å². The van der Waals surface area contributed by atoms with Gasteiger partial charge in [0, 0.05) is 13.1 Å². The summed E-state index contributed by atoms with van der Waals surface area (Å²) >= 11 is 0. The number of rotatable bonds is 2. The minimum absolute atomic E-state index is 0.101. The second-order valence-electron chi connectivity index (χ2n) is 2.44. The van der Waals surface area contributed by atoms with Crippen LogP contribution < -0.4 is 10.8 Å². The minimum atomic E-state index is -0.404. The number of carbonyl (C=O) groups excluding carboxylic acids is 1. The first-order chi connectivity index (χ1) is 5.33. The first kappa shape index (κ1) is 8.45. The molecule has 1 rings (SSSR count). The normalized spacial score (nSPS) is 24.6. The standard InChI is InChI=1S/C6H12N2O3/c9-6(8-10)3-5-4-7-1-2-11-5/h5,7,10H,1-4H2,(H,8,9). The van der Waals surface area contributed by atoms with Crippen LogP contribution in [0.3, 0.4) is 0 Å². The molecule has 1 unspecified atom stereocenters. The summed E-state index contributed by atoms with van der Waals surface area (Å²) < 4.78 is 5.22. The van der Waals surface area contributed by atoms with Crippen molar-refractivity contribution in [3.8, 4) is 0 Å². The monoisotopic (exact) mass is 160 g/mol. The first-order valence-electron chi connectivity index (χ1n) is 3.58. The lowest BCUT2D eigenvalue weighted by Crippen LogP contribution is -2.41. The van der Waals surface area contributed by atoms with Gasteiger partial charge in [-0.1, -0.05) is 0 Å². The van der Waals surface area contributed by atoms with Crippen molar-refractivity contribution in [1.29, 1.82) is 0 Å². The van der Waals surface area contributed by atoms with Crippen LogP contribution in [0.4, 0.5) is 0 Å². The molecule has 64 valence electrons. The molecule has 0 radical (unpaired) electrons. The fourth-order valence-corrected chi connectivity index (χ4v) is 1.00. The van der Waals surface area contributed by atoms with Crippen molar-refractivity contribution in [3.63, 3.8) is 0 Å². The molecule has 0 aromatic rings. The molecule has 1 aliphatic rings. The second kappa shape index (κ2) is 4.27. The van der Waals surface area contributed by atoms with Crippen molar-refractivity contribution in [3.05, 3.63) is 0 Å². The maximum Gasteiger partial charge on any atom is 0.245 e. The Morgan fingerprint density at radius 3 is 3.18 bits per heavy atom. The third-order valence-corrected chi connectivity index (χ3v) is 1.54. The molecule has 1 fully saturated rings. The molecule has 0 aliphatic carbocycles. The summed E-state index contributed by atoms with van der Waals surface area (Å²) in [7, 11) is 0. The third kappa shape index (κ3) is 2.83. The molecule has 11 heavy (non-hydrogen) atoms. The van der Waals surface area contributed by atoms with Gasteiger partial charge in [0.2, 0.25) is 5.91 Å². The van der Waals surface area contributed by atoms with Gasteiger partial charge in [-0.25, -0.2) is 5.48 Å². The minimum Gasteiger partial charge on any atom is -0.375 e. The molecule has 0 bridgehead atoms. The lowest BCUT2D eigenvalue weighted by Gasteiger charge is -2.22. The van der Waals surface area contributed by atoms with Crippen LogP contribution in [0.5, 0.6) is 0 Å². The van der Waals surface area contributed by atoms with Gasteiger partial charge in [0.05, 0.1) is 19.1 Å². The number of hydrogen-bond donors (Lipinski definition) is 3. The number of hydroxylamine groups is 1. The average molecular weight is 160 g/mol. The molecule has 0 aromatic heterocycles. The van der Waals surface area contributed by atoms with Gasteiger partial charge < -0.3 is 10.1 Å². The van der Waals surface area contributed by atoms with Gasteiger partial charge in [-0.15, -0.1) is 0 Å². The molecular formula is C6H12N2O3. The van der Waals surface area contributed by atoms with E-state index in [2.05, 4.69) is 5.32 Å². The molecule has 1 heterocycles. The maximum atomic E-state index is 10.6. The Morgan fingerprint density at radius 1 is 1.82 bits per heavy atom. The van der Waals surface area contributed by atoms with E-state index >= 15 is 0 Å². The van der Waals surface area contributed by atoms with Crippen molar-refractivity contribution in [1.82, 2.24) is 10.8 Å². The van der Waals surface area contributed by atoms with Crippen molar-refractivity contribution in [2.24, 2.45) is 0 Å². The van der Waals surface area contributed by atoms with E-state index in [0.29, 0.717) is 13.2 Å². The number of amides is 1. The Labute approximate surface area is 64.7 Å². The fraction of sp³-hybridized carbons (Fsp3) is 0.833. The Kier molecular flexibility index (Phi) is 3.28. The average Bonchev–Trinajstić information content (AvgIpc) is 2.06. The first-order valence-corrected chi connectivity index (χ1v) is 3.58. The molecule has 3 N–H and O–H groups in total. The van der Waals surface area contributed by atoms with E-state index in [9.17, 15) is 4.79 Å². The molecule has 1 amide bonds. The molecule has 1 saturated heterocycles. The van der Waals surface area contributed by atoms with E-state index < -0.39 is 5.91 Å². The molecule has 1 atom stereocenters. The van der Waals surface area contributed by atoms with Gasteiger partial charge in [0.25, 0.3) is 0 Å². The fourth-order valence-electron chi connectivity index (χ4n) is 1.00. The van der Waals surface area contributed by atoms with Gasteiger partial charge in [-0.2, -0.15) is 0 Å². The van der Waals surface area contributed by atoms with Crippen molar-refractivity contribution < 1.29 is 14.7 Å². The summed E-state index contributed by atoms with van der Waals surface area (Å²) in [5, 5.41) is 11.3. The maximum absolute atomic E-state index is 10.6. The van der Waals surface area contributed by atoms with Crippen molar-refractivity contribution in [2.45, 2.75) is 12.5 Å². The second-order valence-corrected chi connectivity index (χ2v) is 2.44. The molecule has 0 spiro atoms. The highest BCUT2D eigenvalue weighted by atomic mass is 16.5. The van der Waals surface area contributed by atoms with E-state index in [-0.39, 0.29) is 12.5 Å². The van der Waals surface area contributed by atoms with E-state index in [1.165, 1.54) is 0 Å².